The molecule has 0 aliphatic rings. The average Bonchev–Trinajstić information content (AvgIpc) is 2.68. The molecule has 1 N–H and O–H groups in total. The number of aromatic nitrogens is 2. The maximum atomic E-state index is 14.2. The van der Waals surface area contributed by atoms with E-state index in [4.69, 9.17) is 0 Å². The van der Waals surface area contributed by atoms with Crippen LogP contribution < -0.4 is 5.32 Å². The minimum Gasteiger partial charge on any atom is -0.347 e. The molecule has 1 aromatic heterocycles. The summed E-state index contributed by atoms with van der Waals surface area (Å²) < 4.78 is 14.2. The van der Waals surface area contributed by atoms with E-state index >= 15 is 0 Å². The molecule has 156 valence electrons. The largest absolute Gasteiger partial charge is 0.347 e. The van der Waals surface area contributed by atoms with Gasteiger partial charge in [-0.3, -0.25) is 4.79 Å². The van der Waals surface area contributed by atoms with Crippen LogP contribution in [0.2, 0.25) is 0 Å². The van der Waals surface area contributed by atoms with Gasteiger partial charge in [0.25, 0.3) is 5.91 Å². The van der Waals surface area contributed by atoms with Crippen molar-refractivity contribution in [2.45, 2.75) is 53.0 Å². The van der Waals surface area contributed by atoms with Crippen LogP contribution in [0.3, 0.4) is 0 Å². The highest BCUT2D eigenvalue weighted by molar-refractivity contribution is 5.97. The maximum absolute atomic E-state index is 14.2. The summed E-state index contributed by atoms with van der Waals surface area (Å²) in [6, 6.07) is 10.7. The smallest absolute Gasteiger partial charge is 0.251 e. The summed E-state index contributed by atoms with van der Waals surface area (Å²) in [4.78, 5) is 21.6. The van der Waals surface area contributed by atoms with Crippen LogP contribution in [0.4, 0.5) is 4.39 Å². The molecule has 0 atom stereocenters. The lowest BCUT2D eigenvalue weighted by Crippen LogP contribution is -2.40. The summed E-state index contributed by atoms with van der Waals surface area (Å²) in [5.74, 6) is -0.263. The lowest BCUT2D eigenvalue weighted by atomic mass is 9.93. The molecule has 0 aliphatic carbocycles. The fraction of sp³-hybridized carbons (Fsp3) is 0.320. The molecule has 1 amide bonds. The van der Waals surface area contributed by atoms with E-state index in [1.165, 1.54) is 12.4 Å². The summed E-state index contributed by atoms with van der Waals surface area (Å²) in [5.41, 5.74) is 4.80. The van der Waals surface area contributed by atoms with Crippen molar-refractivity contribution in [3.8, 4) is 22.3 Å². The van der Waals surface area contributed by atoms with Crippen LogP contribution in [-0.4, -0.2) is 21.4 Å². The van der Waals surface area contributed by atoms with Crippen molar-refractivity contribution in [1.29, 1.82) is 0 Å². The SMILES string of the molecule is Cc1ccc(-c2cc(C(=O)NC(C)(C)C)cc(-c3cncnc3C(C)C)c2)cc1F. The van der Waals surface area contributed by atoms with E-state index in [0.717, 1.165) is 22.4 Å². The van der Waals surface area contributed by atoms with Gasteiger partial charge in [-0.1, -0.05) is 26.0 Å². The van der Waals surface area contributed by atoms with Gasteiger partial charge in [-0.05, 0) is 80.1 Å². The van der Waals surface area contributed by atoms with Gasteiger partial charge in [0.15, 0.2) is 0 Å². The van der Waals surface area contributed by atoms with Crippen molar-refractivity contribution in [2.24, 2.45) is 0 Å². The molecule has 0 radical (unpaired) electrons. The number of carbonyl (C=O) groups is 1. The normalized spacial score (nSPS) is 11.6. The van der Waals surface area contributed by atoms with Crippen LogP contribution >= 0.6 is 0 Å². The minimum absolute atomic E-state index is 0.180. The molecule has 3 rings (SSSR count). The lowest BCUT2D eigenvalue weighted by molar-refractivity contribution is 0.0919. The van der Waals surface area contributed by atoms with Crippen molar-refractivity contribution >= 4 is 5.91 Å². The van der Waals surface area contributed by atoms with E-state index in [1.54, 1.807) is 25.3 Å². The number of halogens is 1. The van der Waals surface area contributed by atoms with Crippen molar-refractivity contribution in [2.75, 3.05) is 0 Å². The third-order valence-electron chi connectivity index (χ3n) is 4.79. The molecule has 0 bridgehead atoms. The van der Waals surface area contributed by atoms with E-state index in [0.29, 0.717) is 16.7 Å². The highest BCUT2D eigenvalue weighted by Crippen LogP contribution is 2.32. The number of aryl methyl sites for hydroxylation is 1. The topological polar surface area (TPSA) is 54.9 Å². The Balaban J connectivity index is 2.21. The van der Waals surface area contributed by atoms with Gasteiger partial charge in [0, 0.05) is 22.9 Å². The van der Waals surface area contributed by atoms with E-state index in [-0.39, 0.29) is 23.2 Å². The summed E-state index contributed by atoms with van der Waals surface area (Å²) in [6.07, 6.45) is 3.30. The Bertz CT molecular complexity index is 1080. The number of nitrogens with one attached hydrogen (secondary N) is 1. The Morgan fingerprint density at radius 1 is 1.03 bits per heavy atom. The molecule has 0 fully saturated rings. The van der Waals surface area contributed by atoms with E-state index in [9.17, 15) is 9.18 Å². The van der Waals surface area contributed by atoms with Gasteiger partial charge in [0.2, 0.25) is 0 Å². The minimum atomic E-state index is -0.373. The van der Waals surface area contributed by atoms with Gasteiger partial charge < -0.3 is 5.32 Å². The molecule has 4 nitrogen and oxygen atoms in total. The number of amides is 1. The predicted molar refractivity (Wildman–Crippen MR) is 119 cm³/mol. The summed E-state index contributed by atoms with van der Waals surface area (Å²) in [6.45, 7) is 11.7. The predicted octanol–water partition coefficient (Wildman–Crippen LogP) is 5.91. The molecule has 30 heavy (non-hydrogen) atoms. The lowest BCUT2D eigenvalue weighted by Gasteiger charge is -2.21. The zero-order valence-corrected chi connectivity index (χ0v) is 18.4. The second kappa shape index (κ2) is 8.34. The Morgan fingerprint density at radius 2 is 1.73 bits per heavy atom. The molecule has 2 aromatic carbocycles. The fourth-order valence-corrected chi connectivity index (χ4v) is 3.29. The molecular formula is C25H28FN3O. The van der Waals surface area contributed by atoms with Gasteiger partial charge in [-0.15, -0.1) is 0 Å². The molecular weight excluding hydrogens is 377 g/mol. The molecule has 0 saturated heterocycles. The molecule has 0 saturated carbocycles. The Hall–Kier alpha value is -3.08. The van der Waals surface area contributed by atoms with Crippen molar-refractivity contribution < 1.29 is 9.18 Å². The monoisotopic (exact) mass is 405 g/mol. The second-order valence-corrected chi connectivity index (χ2v) is 8.94. The fourth-order valence-electron chi connectivity index (χ4n) is 3.29. The second-order valence-electron chi connectivity index (χ2n) is 8.94. The number of hydrogen-bond donors (Lipinski definition) is 1. The van der Waals surface area contributed by atoms with Crippen LogP contribution in [0, 0.1) is 12.7 Å². The Labute approximate surface area is 177 Å². The molecule has 1 heterocycles. The third-order valence-corrected chi connectivity index (χ3v) is 4.79. The van der Waals surface area contributed by atoms with Crippen molar-refractivity contribution in [3.05, 3.63) is 71.6 Å². The zero-order chi connectivity index (χ0) is 22.1. The first-order valence-electron chi connectivity index (χ1n) is 10.1. The quantitative estimate of drug-likeness (QED) is 0.587. The average molecular weight is 406 g/mol. The number of hydrogen-bond acceptors (Lipinski definition) is 3. The van der Waals surface area contributed by atoms with Crippen LogP contribution in [0.1, 0.15) is 62.2 Å². The van der Waals surface area contributed by atoms with Gasteiger partial charge >= 0.3 is 0 Å². The number of rotatable bonds is 4. The number of benzene rings is 2. The van der Waals surface area contributed by atoms with Gasteiger partial charge in [-0.2, -0.15) is 0 Å². The number of carbonyl (C=O) groups excluding carboxylic acids is 1. The highest BCUT2D eigenvalue weighted by Gasteiger charge is 2.19. The van der Waals surface area contributed by atoms with Crippen LogP contribution in [0.25, 0.3) is 22.3 Å². The van der Waals surface area contributed by atoms with Gasteiger partial charge in [0.05, 0.1) is 5.69 Å². The van der Waals surface area contributed by atoms with E-state index in [2.05, 4.69) is 29.1 Å². The molecule has 0 spiro atoms. The molecule has 0 unspecified atom stereocenters. The highest BCUT2D eigenvalue weighted by atomic mass is 19.1. The third kappa shape index (κ3) is 4.90. The van der Waals surface area contributed by atoms with Crippen LogP contribution in [0.15, 0.2) is 48.9 Å². The molecule has 0 aliphatic heterocycles. The molecule has 5 heteroatoms. The standard InChI is InChI=1S/C25H28FN3O/c1-15(2)23-21(13-27-14-28-23)19-9-18(17-8-7-16(3)22(26)12-17)10-20(11-19)24(30)29-25(4,5)6/h7-15H,1-6H3,(H,29,30). The maximum Gasteiger partial charge on any atom is 0.251 e. The summed E-state index contributed by atoms with van der Waals surface area (Å²) >= 11 is 0. The van der Waals surface area contributed by atoms with Crippen molar-refractivity contribution in [1.82, 2.24) is 15.3 Å². The summed E-state index contributed by atoms with van der Waals surface area (Å²) in [7, 11) is 0. The van der Waals surface area contributed by atoms with Gasteiger partial charge in [0.1, 0.15) is 12.1 Å². The Kier molecular flexibility index (Phi) is 6.01. The first kappa shape index (κ1) is 21.6. The van der Waals surface area contributed by atoms with E-state index < -0.39 is 0 Å². The molecule has 3 aromatic rings. The van der Waals surface area contributed by atoms with Crippen LogP contribution in [-0.2, 0) is 0 Å². The summed E-state index contributed by atoms with van der Waals surface area (Å²) in [5, 5.41) is 3.01. The van der Waals surface area contributed by atoms with Crippen LogP contribution in [0.5, 0.6) is 0 Å². The zero-order valence-electron chi connectivity index (χ0n) is 18.4. The van der Waals surface area contributed by atoms with E-state index in [1.807, 2.05) is 39.0 Å². The van der Waals surface area contributed by atoms with Crippen molar-refractivity contribution in [3.63, 3.8) is 0 Å². The Morgan fingerprint density at radius 3 is 2.37 bits per heavy atom. The van der Waals surface area contributed by atoms with Gasteiger partial charge in [-0.25, -0.2) is 14.4 Å². The first-order chi connectivity index (χ1) is 14.0. The number of nitrogens with zero attached hydrogens (tertiary/aromatic N) is 2. The first-order valence-corrected chi connectivity index (χ1v) is 10.1.